The van der Waals surface area contributed by atoms with E-state index in [9.17, 15) is 4.79 Å². The Balaban J connectivity index is 1.69. The molecule has 150 valence electrons. The molecule has 0 radical (unpaired) electrons. The number of nitrogens with zero attached hydrogens (tertiary/aromatic N) is 3. The molecule has 0 saturated carbocycles. The van der Waals surface area contributed by atoms with Crippen LogP contribution in [0, 0.1) is 20.8 Å². The van der Waals surface area contributed by atoms with E-state index in [2.05, 4.69) is 52.1 Å². The zero-order valence-corrected chi connectivity index (χ0v) is 17.9. The van der Waals surface area contributed by atoms with Crippen molar-refractivity contribution in [1.82, 2.24) is 14.9 Å². The number of benzene rings is 2. The first-order chi connectivity index (χ1) is 14.0. The van der Waals surface area contributed by atoms with Gasteiger partial charge in [0.2, 0.25) is 11.1 Å². The van der Waals surface area contributed by atoms with Gasteiger partial charge in [-0.3, -0.25) is 4.79 Å². The third-order valence-corrected chi connectivity index (χ3v) is 6.59. The van der Waals surface area contributed by atoms with E-state index in [4.69, 9.17) is 0 Å². The Morgan fingerprint density at radius 2 is 1.90 bits per heavy atom. The molecule has 6 nitrogen and oxygen atoms in total. The van der Waals surface area contributed by atoms with Crippen LogP contribution in [0.1, 0.15) is 41.0 Å². The van der Waals surface area contributed by atoms with Crippen molar-refractivity contribution in [2.75, 3.05) is 10.7 Å². The monoisotopic (exact) mass is 407 g/mol. The van der Waals surface area contributed by atoms with E-state index in [0.29, 0.717) is 5.16 Å². The maximum atomic E-state index is 13.3. The summed E-state index contributed by atoms with van der Waals surface area (Å²) in [5.41, 5.74) is 8.81. The predicted octanol–water partition coefficient (Wildman–Crippen LogP) is 4.16. The lowest BCUT2D eigenvalue weighted by molar-refractivity contribution is -0.116. The van der Waals surface area contributed by atoms with Crippen molar-refractivity contribution < 1.29 is 4.79 Å². The number of thioether (sulfide) groups is 1. The molecule has 4 rings (SSSR count). The van der Waals surface area contributed by atoms with E-state index in [1.165, 1.54) is 17.3 Å². The van der Waals surface area contributed by atoms with Crippen molar-refractivity contribution >= 4 is 23.4 Å². The lowest BCUT2D eigenvalue weighted by Crippen LogP contribution is -2.41. The molecule has 1 aromatic heterocycles. The minimum Gasteiger partial charge on any atom is -0.325 e. The van der Waals surface area contributed by atoms with Crippen molar-refractivity contribution in [3.8, 4) is 0 Å². The normalized spacial score (nSPS) is 18.1. The Morgan fingerprint density at radius 1 is 1.14 bits per heavy atom. The zero-order valence-electron chi connectivity index (χ0n) is 17.1. The van der Waals surface area contributed by atoms with Crippen molar-refractivity contribution in [2.24, 2.45) is 0 Å². The van der Waals surface area contributed by atoms with Crippen LogP contribution in [0.2, 0.25) is 0 Å². The van der Waals surface area contributed by atoms with Crippen LogP contribution in [-0.2, 0) is 11.2 Å². The van der Waals surface area contributed by atoms with Gasteiger partial charge in [0.25, 0.3) is 0 Å². The topological polar surface area (TPSA) is 71.8 Å². The maximum Gasteiger partial charge on any atom is 0.240 e. The fraction of sp³-hybridized carbons (Fsp3) is 0.318. The standard InChI is InChI=1S/C22H25N5OS/c1-5-18-24-25-22-27(18)26-19(16-11-9-13(2)10-12-16)20(29-22)21(28)23-17-8-6-7-14(3)15(17)4/h6-12,19-20,26H,5H2,1-4H3,(H,23,28). The summed E-state index contributed by atoms with van der Waals surface area (Å²) in [5.74, 6) is 0.812. The van der Waals surface area contributed by atoms with Gasteiger partial charge in [-0.05, 0) is 43.5 Å². The fourth-order valence-electron chi connectivity index (χ4n) is 3.44. The second-order valence-electron chi connectivity index (χ2n) is 7.38. The summed E-state index contributed by atoms with van der Waals surface area (Å²) in [5, 5.41) is 12.0. The number of aromatic nitrogens is 3. The highest BCUT2D eigenvalue weighted by molar-refractivity contribution is 8.00. The Kier molecular flexibility index (Phi) is 5.32. The van der Waals surface area contributed by atoms with E-state index in [1.54, 1.807) is 0 Å². The van der Waals surface area contributed by atoms with Gasteiger partial charge in [0.05, 0.1) is 6.04 Å². The van der Waals surface area contributed by atoms with Crippen LogP contribution in [0.4, 0.5) is 5.69 Å². The predicted molar refractivity (Wildman–Crippen MR) is 117 cm³/mol. The molecule has 2 atom stereocenters. The Morgan fingerprint density at radius 3 is 2.62 bits per heavy atom. The van der Waals surface area contributed by atoms with Gasteiger partial charge in [-0.15, -0.1) is 10.2 Å². The van der Waals surface area contributed by atoms with Crippen LogP contribution >= 0.6 is 11.8 Å². The van der Waals surface area contributed by atoms with Gasteiger partial charge in [0.15, 0.2) is 5.82 Å². The third kappa shape index (κ3) is 3.74. The second-order valence-corrected chi connectivity index (χ2v) is 8.49. The van der Waals surface area contributed by atoms with Gasteiger partial charge >= 0.3 is 0 Å². The molecular weight excluding hydrogens is 382 g/mol. The first kappa shape index (κ1) is 19.5. The van der Waals surface area contributed by atoms with Gasteiger partial charge in [-0.1, -0.05) is 60.6 Å². The Hall–Kier alpha value is -2.80. The van der Waals surface area contributed by atoms with Crippen molar-refractivity contribution in [1.29, 1.82) is 0 Å². The number of aryl methyl sites for hydroxylation is 3. The van der Waals surface area contributed by atoms with Gasteiger partial charge in [0, 0.05) is 12.1 Å². The van der Waals surface area contributed by atoms with Gasteiger partial charge in [-0.25, -0.2) is 4.68 Å². The van der Waals surface area contributed by atoms with E-state index < -0.39 is 0 Å². The minimum atomic E-state index is -0.376. The molecule has 0 saturated heterocycles. The summed E-state index contributed by atoms with van der Waals surface area (Å²) in [6, 6.07) is 14.1. The number of nitrogens with one attached hydrogen (secondary N) is 2. The van der Waals surface area contributed by atoms with E-state index in [0.717, 1.165) is 34.6 Å². The molecule has 1 aliphatic rings. The van der Waals surface area contributed by atoms with Gasteiger partial charge in [-0.2, -0.15) is 0 Å². The summed E-state index contributed by atoms with van der Waals surface area (Å²) >= 11 is 1.45. The smallest absolute Gasteiger partial charge is 0.240 e. The molecule has 3 aromatic rings. The van der Waals surface area contributed by atoms with Crippen LogP contribution in [-0.4, -0.2) is 26.0 Å². The molecule has 0 spiro atoms. The van der Waals surface area contributed by atoms with Crippen molar-refractivity contribution in [2.45, 2.75) is 50.6 Å². The first-order valence-electron chi connectivity index (χ1n) is 9.79. The summed E-state index contributed by atoms with van der Waals surface area (Å²) in [4.78, 5) is 13.3. The minimum absolute atomic E-state index is 0.0472. The van der Waals surface area contributed by atoms with Crippen LogP contribution in [0.25, 0.3) is 0 Å². The van der Waals surface area contributed by atoms with E-state index in [-0.39, 0.29) is 17.2 Å². The lowest BCUT2D eigenvalue weighted by atomic mass is 10.0. The number of amides is 1. The second kappa shape index (κ2) is 7.91. The molecule has 0 bridgehead atoms. The summed E-state index contributed by atoms with van der Waals surface area (Å²) in [6.07, 6.45) is 0.764. The summed E-state index contributed by atoms with van der Waals surface area (Å²) in [6.45, 7) is 8.18. The number of anilines is 1. The fourth-order valence-corrected chi connectivity index (χ4v) is 4.54. The third-order valence-electron chi connectivity index (χ3n) is 5.38. The lowest BCUT2D eigenvalue weighted by Gasteiger charge is -2.33. The van der Waals surface area contributed by atoms with Gasteiger partial charge < -0.3 is 10.7 Å². The summed E-state index contributed by atoms with van der Waals surface area (Å²) < 4.78 is 1.91. The van der Waals surface area contributed by atoms with E-state index >= 15 is 0 Å². The number of hydrogen-bond acceptors (Lipinski definition) is 5. The number of rotatable bonds is 4. The van der Waals surface area contributed by atoms with Gasteiger partial charge in [0.1, 0.15) is 5.25 Å². The Labute approximate surface area is 175 Å². The average molecular weight is 408 g/mol. The molecule has 2 unspecified atom stereocenters. The molecular formula is C22H25N5OS. The van der Waals surface area contributed by atoms with Crippen molar-refractivity contribution in [3.63, 3.8) is 0 Å². The molecule has 7 heteroatoms. The molecule has 1 aliphatic heterocycles. The van der Waals surface area contributed by atoms with Crippen LogP contribution in [0.3, 0.4) is 0 Å². The average Bonchev–Trinajstić information content (AvgIpc) is 3.13. The Bertz CT molecular complexity index is 1040. The number of carbonyl (C=O) groups excluding carboxylic acids is 1. The highest BCUT2D eigenvalue weighted by Crippen LogP contribution is 2.38. The number of carbonyl (C=O) groups is 1. The molecule has 29 heavy (non-hydrogen) atoms. The molecule has 2 N–H and O–H groups in total. The maximum absolute atomic E-state index is 13.3. The molecule has 0 fully saturated rings. The molecule has 2 aromatic carbocycles. The largest absolute Gasteiger partial charge is 0.325 e. The molecule has 0 aliphatic carbocycles. The quantitative estimate of drug-likeness (QED) is 0.679. The van der Waals surface area contributed by atoms with Crippen LogP contribution in [0.15, 0.2) is 47.6 Å². The molecule has 1 amide bonds. The van der Waals surface area contributed by atoms with Crippen LogP contribution in [0.5, 0.6) is 0 Å². The van der Waals surface area contributed by atoms with Crippen LogP contribution < -0.4 is 10.7 Å². The highest BCUT2D eigenvalue weighted by atomic mass is 32.2. The highest BCUT2D eigenvalue weighted by Gasteiger charge is 2.37. The summed E-state index contributed by atoms with van der Waals surface area (Å²) in [7, 11) is 0. The first-order valence-corrected chi connectivity index (χ1v) is 10.7. The van der Waals surface area contributed by atoms with E-state index in [1.807, 2.05) is 43.6 Å². The number of hydrogen-bond donors (Lipinski definition) is 2. The molecule has 2 heterocycles. The number of fused-ring (bicyclic) bond motifs is 1. The SMILES string of the molecule is CCc1nnc2n1NC(c1ccc(C)cc1)C(C(=O)Nc1cccc(C)c1C)S2. The van der Waals surface area contributed by atoms with Crippen molar-refractivity contribution in [3.05, 3.63) is 70.5 Å². The zero-order chi connectivity index (χ0) is 20.5.